The van der Waals surface area contributed by atoms with Gasteiger partial charge in [-0.15, -0.1) is 0 Å². The van der Waals surface area contributed by atoms with Gasteiger partial charge in [0.1, 0.15) is 18.2 Å². The Bertz CT molecular complexity index is 1200. The van der Waals surface area contributed by atoms with Crippen molar-refractivity contribution in [3.05, 3.63) is 113 Å². The van der Waals surface area contributed by atoms with Crippen molar-refractivity contribution < 1.29 is 13.9 Å². The van der Waals surface area contributed by atoms with Crippen molar-refractivity contribution in [3.63, 3.8) is 0 Å². The van der Waals surface area contributed by atoms with Gasteiger partial charge >= 0.3 is 0 Å². The molecule has 3 aromatic rings. The smallest absolute Gasteiger partial charge is 0.237 e. The molecule has 5 nitrogen and oxygen atoms in total. The second-order valence-electron chi connectivity index (χ2n) is 9.23. The maximum Gasteiger partial charge on any atom is 0.237 e. The summed E-state index contributed by atoms with van der Waals surface area (Å²) in [4.78, 5) is 15.4. The molecule has 1 fully saturated rings. The zero-order valence-electron chi connectivity index (χ0n) is 20.8. The highest BCUT2D eigenvalue weighted by Gasteiger charge is 2.36. The molecule has 2 atom stereocenters. The number of rotatable bonds is 12. The highest BCUT2D eigenvalue weighted by molar-refractivity contribution is 6.30. The lowest BCUT2D eigenvalue weighted by Gasteiger charge is -2.23. The number of halogens is 2. The fourth-order valence-electron chi connectivity index (χ4n) is 4.70. The largest absolute Gasteiger partial charge is 0.489 e. The molecule has 7 heteroatoms. The maximum absolute atomic E-state index is 14.0. The van der Waals surface area contributed by atoms with Gasteiger partial charge in [-0.05, 0) is 48.2 Å². The summed E-state index contributed by atoms with van der Waals surface area (Å²) >= 11 is 6.21. The Morgan fingerprint density at radius 1 is 1.11 bits per heavy atom. The molecule has 0 bridgehead atoms. The third-order valence-electron chi connectivity index (χ3n) is 6.54. The predicted molar refractivity (Wildman–Crippen MR) is 146 cm³/mol. The first-order valence-corrected chi connectivity index (χ1v) is 13.0. The zero-order chi connectivity index (χ0) is 26.0. The molecule has 0 aliphatic carbocycles. The molecule has 1 amide bonds. The molecule has 1 aliphatic rings. The number of hydrogen-bond donors (Lipinski definition) is 2. The number of ether oxygens (including phenoxy) is 1. The van der Waals surface area contributed by atoms with E-state index in [1.54, 1.807) is 24.3 Å². The highest BCUT2D eigenvalue weighted by Crippen LogP contribution is 2.24. The van der Waals surface area contributed by atoms with E-state index in [9.17, 15) is 9.18 Å². The molecule has 4 rings (SSSR count). The summed E-state index contributed by atoms with van der Waals surface area (Å²) in [5.74, 6) is 0.533. The summed E-state index contributed by atoms with van der Waals surface area (Å²) < 4.78 is 19.8. The minimum Gasteiger partial charge on any atom is -0.489 e. The Labute approximate surface area is 223 Å². The van der Waals surface area contributed by atoms with Crippen molar-refractivity contribution in [2.75, 3.05) is 19.7 Å². The number of nitrogens with one attached hydrogen (secondary N) is 2. The van der Waals surface area contributed by atoms with E-state index < -0.39 is 0 Å². The number of para-hydroxylation sites is 1. The van der Waals surface area contributed by atoms with Gasteiger partial charge < -0.3 is 15.4 Å². The second-order valence-corrected chi connectivity index (χ2v) is 9.66. The number of nitrogens with zero attached hydrogens (tertiary/aromatic N) is 1. The van der Waals surface area contributed by atoms with Crippen molar-refractivity contribution >= 4 is 17.5 Å². The molecule has 2 N–H and O–H groups in total. The van der Waals surface area contributed by atoms with E-state index in [4.69, 9.17) is 16.3 Å². The van der Waals surface area contributed by atoms with Gasteiger partial charge in [0.05, 0.1) is 6.04 Å². The molecule has 0 aromatic heterocycles. The van der Waals surface area contributed by atoms with Crippen LogP contribution in [0.4, 0.5) is 4.39 Å². The number of amides is 1. The lowest BCUT2D eigenvalue weighted by atomic mass is 10.1. The third-order valence-corrected chi connectivity index (χ3v) is 6.78. The van der Waals surface area contributed by atoms with Gasteiger partial charge in [0, 0.05) is 42.8 Å². The average Bonchev–Trinajstić information content (AvgIpc) is 3.30. The van der Waals surface area contributed by atoms with E-state index in [0.29, 0.717) is 56.2 Å². The Kier molecular flexibility index (Phi) is 9.71. The average molecular weight is 522 g/mol. The van der Waals surface area contributed by atoms with Gasteiger partial charge in [0.25, 0.3) is 0 Å². The summed E-state index contributed by atoms with van der Waals surface area (Å²) in [5, 5.41) is 7.31. The first-order valence-electron chi connectivity index (χ1n) is 12.6. The molecule has 37 heavy (non-hydrogen) atoms. The van der Waals surface area contributed by atoms with Crippen molar-refractivity contribution in [1.82, 2.24) is 15.5 Å². The third kappa shape index (κ3) is 7.65. The molecule has 1 saturated heterocycles. The van der Waals surface area contributed by atoms with Crippen molar-refractivity contribution in [2.45, 2.75) is 38.0 Å². The topological polar surface area (TPSA) is 53.6 Å². The van der Waals surface area contributed by atoms with E-state index in [2.05, 4.69) is 22.1 Å². The van der Waals surface area contributed by atoms with Crippen LogP contribution in [0.1, 0.15) is 23.1 Å². The summed E-state index contributed by atoms with van der Waals surface area (Å²) in [6, 6.07) is 22.1. The quantitative estimate of drug-likeness (QED) is 0.324. The lowest BCUT2D eigenvalue weighted by molar-refractivity contribution is -0.125. The zero-order valence-corrected chi connectivity index (χ0v) is 21.6. The van der Waals surface area contributed by atoms with E-state index >= 15 is 0 Å². The number of hydrogen-bond acceptors (Lipinski definition) is 4. The summed E-state index contributed by atoms with van der Waals surface area (Å²) in [5.41, 5.74) is 2.71. The van der Waals surface area contributed by atoms with Crippen LogP contribution in [0.5, 0.6) is 5.75 Å². The van der Waals surface area contributed by atoms with Crippen LogP contribution in [0.25, 0.3) is 0 Å². The Balaban J connectivity index is 1.40. The minimum absolute atomic E-state index is 0.0441. The fourth-order valence-corrected chi connectivity index (χ4v) is 4.91. The van der Waals surface area contributed by atoms with Crippen LogP contribution in [0.2, 0.25) is 5.02 Å². The van der Waals surface area contributed by atoms with Crippen molar-refractivity contribution in [3.8, 4) is 5.75 Å². The number of benzene rings is 3. The van der Waals surface area contributed by atoms with Gasteiger partial charge in [-0.1, -0.05) is 72.8 Å². The van der Waals surface area contributed by atoms with Crippen LogP contribution in [-0.4, -0.2) is 42.6 Å². The number of likely N-dealkylation sites (tertiary alicyclic amines) is 1. The molecule has 0 spiro atoms. The van der Waals surface area contributed by atoms with Crippen LogP contribution < -0.4 is 15.4 Å². The highest BCUT2D eigenvalue weighted by atomic mass is 35.5. The monoisotopic (exact) mass is 521 g/mol. The SMILES string of the molecule is C=CCOc1ccccc1CN[C@H]1C[C@@H](C(=O)NCCc2ccccc2F)N(Cc2cccc(Cl)c2)C1. The second kappa shape index (κ2) is 13.4. The predicted octanol–water partition coefficient (Wildman–Crippen LogP) is 5.14. The summed E-state index contributed by atoms with van der Waals surface area (Å²) in [6.45, 7) is 6.51. The number of carbonyl (C=O) groups excluding carboxylic acids is 1. The molecule has 1 aliphatic heterocycles. The molecular formula is C30H33ClFN3O2. The summed E-state index contributed by atoms with van der Waals surface area (Å²) in [7, 11) is 0. The summed E-state index contributed by atoms with van der Waals surface area (Å²) in [6.07, 6.45) is 2.84. The van der Waals surface area contributed by atoms with E-state index in [1.165, 1.54) is 6.07 Å². The first-order chi connectivity index (χ1) is 18.0. The van der Waals surface area contributed by atoms with Crippen LogP contribution >= 0.6 is 11.6 Å². The molecule has 1 heterocycles. The molecule has 0 unspecified atom stereocenters. The molecule has 194 valence electrons. The van der Waals surface area contributed by atoms with E-state index in [-0.39, 0.29) is 23.8 Å². The standard InChI is InChI=1S/C30H33ClFN3O2/c1-2-16-37-29-13-6-4-10-24(29)19-34-26-18-28(35(21-26)20-22-8-7-11-25(31)17-22)30(36)33-15-14-23-9-3-5-12-27(23)32/h2-13,17,26,28,34H,1,14-16,18-21H2,(H,33,36)/t26-,28-/m0/s1. The van der Waals surface area contributed by atoms with E-state index in [0.717, 1.165) is 16.9 Å². The molecule has 3 aromatic carbocycles. The van der Waals surface area contributed by atoms with Crippen LogP contribution in [0, 0.1) is 5.82 Å². The van der Waals surface area contributed by atoms with E-state index in [1.807, 2.05) is 48.5 Å². The normalized spacial score (nSPS) is 17.5. The van der Waals surface area contributed by atoms with Crippen LogP contribution in [-0.2, 0) is 24.3 Å². The molecule has 0 saturated carbocycles. The molecular weight excluding hydrogens is 489 g/mol. The maximum atomic E-state index is 14.0. The van der Waals surface area contributed by atoms with Gasteiger partial charge in [-0.25, -0.2) is 4.39 Å². The van der Waals surface area contributed by atoms with Gasteiger partial charge in [-0.3, -0.25) is 9.69 Å². The van der Waals surface area contributed by atoms with Gasteiger partial charge in [0.15, 0.2) is 0 Å². The van der Waals surface area contributed by atoms with Crippen LogP contribution in [0.3, 0.4) is 0 Å². The lowest BCUT2D eigenvalue weighted by Crippen LogP contribution is -2.43. The molecule has 0 radical (unpaired) electrons. The van der Waals surface area contributed by atoms with Crippen LogP contribution in [0.15, 0.2) is 85.5 Å². The number of carbonyl (C=O) groups is 1. The van der Waals surface area contributed by atoms with Crippen molar-refractivity contribution in [1.29, 1.82) is 0 Å². The Hall–Kier alpha value is -3.19. The first kappa shape index (κ1) is 26.9. The Morgan fingerprint density at radius 2 is 1.89 bits per heavy atom. The van der Waals surface area contributed by atoms with Gasteiger partial charge in [0.2, 0.25) is 5.91 Å². The van der Waals surface area contributed by atoms with Crippen molar-refractivity contribution in [2.24, 2.45) is 0 Å². The Morgan fingerprint density at radius 3 is 2.68 bits per heavy atom. The van der Waals surface area contributed by atoms with Gasteiger partial charge in [-0.2, -0.15) is 0 Å². The fraction of sp³-hybridized carbons (Fsp3) is 0.300. The minimum atomic E-state index is -0.302.